The molecule has 3 aromatic rings. The van der Waals surface area contributed by atoms with E-state index in [1.165, 1.54) is 27.6 Å². The molecule has 3 nitrogen and oxygen atoms in total. The van der Waals surface area contributed by atoms with Crippen LogP contribution in [-0.4, -0.2) is 15.7 Å². The van der Waals surface area contributed by atoms with Crippen LogP contribution < -0.4 is 5.56 Å². The lowest BCUT2D eigenvalue weighted by Crippen LogP contribution is -2.12. The number of nitrogens with zero attached hydrogens (tertiary/aromatic N) is 1. The van der Waals surface area contributed by atoms with Crippen LogP contribution in [0.25, 0.3) is 15.8 Å². The van der Waals surface area contributed by atoms with Gasteiger partial charge in [0.15, 0.2) is 0 Å². The third kappa shape index (κ3) is 2.47. The maximum atomic E-state index is 14.2. The molecule has 0 radical (unpaired) electrons. The van der Waals surface area contributed by atoms with E-state index in [0.717, 1.165) is 4.70 Å². The van der Waals surface area contributed by atoms with Gasteiger partial charge in [-0.05, 0) is 30.3 Å². The number of benzene rings is 2. The number of rotatable bonds is 1. The number of halogens is 1. The van der Waals surface area contributed by atoms with Gasteiger partial charge in [0.05, 0.1) is 15.8 Å². The van der Waals surface area contributed by atoms with Gasteiger partial charge >= 0.3 is 0 Å². The summed E-state index contributed by atoms with van der Waals surface area (Å²) in [6, 6.07) is 11.6. The lowest BCUT2D eigenvalue weighted by Gasteiger charge is -2.02. The van der Waals surface area contributed by atoms with Crippen molar-refractivity contribution in [3.63, 3.8) is 0 Å². The van der Waals surface area contributed by atoms with Crippen molar-refractivity contribution < 1.29 is 9.50 Å². The van der Waals surface area contributed by atoms with Crippen molar-refractivity contribution in [1.29, 1.82) is 0 Å². The molecule has 1 aromatic heterocycles. The molecule has 0 aliphatic heterocycles. The molecule has 0 fully saturated rings. The molecule has 1 heterocycles. The first-order chi connectivity index (χ1) is 10.2. The molecule has 0 unspecified atom stereocenters. The van der Waals surface area contributed by atoms with Crippen LogP contribution in [0.1, 0.15) is 5.56 Å². The first-order valence-corrected chi connectivity index (χ1v) is 6.99. The average Bonchev–Trinajstić information content (AvgIpc) is 2.83. The number of hydrogen-bond acceptors (Lipinski definition) is 3. The smallest absolute Gasteiger partial charge is 0.273 e. The van der Waals surface area contributed by atoms with Gasteiger partial charge in [-0.2, -0.15) is 0 Å². The molecule has 2 aromatic carbocycles. The van der Waals surface area contributed by atoms with Gasteiger partial charge in [0, 0.05) is 5.56 Å². The van der Waals surface area contributed by atoms with Crippen LogP contribution in [0.2, 0.25) is 0 Å². The van der Waals surface area contributed by atoms with Crippen molar-refractivity contribution in [3.05, 3.63) is 64.2 Å². The zero-order valence-corrected chi connectivity index (χ0v) is 11.7. The highest BCUT2D eigenvalue weighted by atomic mass is 32.1. The minimum absolute atomic E-state index is 0.204. The minimum Gasteiger partial charge on any atom is -0.384 e. The van der Waals surface area contributed by atoms with Gasteiger partial charge in [0.2, 0.25) is 0 Å². The summed E-state index contributed by atoms with van der Waals surface area (Å²) in [5, 5.41) is 9.21. The van der Waals surface area contributed by atoms with Crippen molar-refractivity contribution in [2.75, 3.05) is 6.61 Å². The van der Waals surface area contributed by atoms with Crippen LogP contribution >= 0.6 is 11.5 Å². The molecule has 21 heavy (non-hydrogen) atoms. The van der Waals surface area contributed by atoms with Gasteiger partial charge in [-0.25, -0.2) is 8.35 Å². The Balaban J connectivity index is 2.15. The highest BCUT2D eigenvalue weighted by Crippen LogP contribution is 2.22. The minimum atomic E-state index is -0.520. The van der Waals surface area contributed by atoms with E-state index < -0.39 is 5.82 Å². The monoisotopic (exact) mass is 299 g/mol. The van der Waals surface area contributed by atoms with Gasteiger partial charge in [-0.1, -0.05) is 35.5 Å². The Bertz CT molecular complexity index is 931. The summed E-state index contributed by atoms with van der Waals surface area (Å²) in [6.45, 7) is -0.279. The second-order valence-electron chi connectivity index (χ2n) is 4.31. The van der Waals surface area contributed by atoms with E-state index in [1.807, 2.05) is 12.1 Å². The topological polar surface area (TPSA) is 42.2 Å². The van der Waals surface area contributed by atoms with E-state index in [0.29, 0.717) is 10.9 Å². The molecule has 0 saturated heterocycles. The summed E-state index contributed by atoms with van der Waals surface area (Å²) in [7, 11) is 0. The lowest BCUT2D eigenvalue weighted by atomic mass is 10.2. The van der Waals surface area contributed by atoms with E-state index in [9.17, 15) is 9.18 Å². The average molecular weight is 299 g/mol. The number of hydrogen-bond donors (Lipinski definition) is 1. The number of aliphatic hydroxyl groups excluding tert-OH is 1. The second-order valence-corrected chi connectivity index (χ2v) is 5.30. The number of aliphatic hydroxyl groups is 1. The van der Waals surface area contributed by atoms with Crippen LogP contribution in [-0.2, 0) is 0 Å². The molecule has 0 spiro atoms. The first-order valence-electron chi connectivity index (χ1n) is 6.21. The van der Waals surface area contributed by atoms with E-state index in [4.69, 9.17) is 5.11 Å². The number of fused-ring (bicyclic) bond motifs is 1. The summed E-state index contributed by atoms with van der Waals surface area (Å²) in [5.41, 5.74) is 0.430. The predicted molar refractivity (Wildman–Crippen MR) is 81.3 cm³/mol. The highest BCUT2D eigenvalue weighted by Gasteiger charge is 2.12. The second kappa shape index (κ2) is 5.52. The molecule has 0 aliphatic rings. The fourth-order valence-corrected chi connectivity index (χ4v) is 3.04. The van der Waals surface area contributed by atoms with Gasteiger partial charge in [0.1, 0.15) is 12.4 Å². The normalized spacial score (nSPS) is 10.4. The van der Waals surface area contributed by atoms with Crippen LogP contribution in [0, 0.1) is 17.7 Å². The number of aromatic nitrogens is 1. The van der Waals surface area contributed by atoms with Gasteiger partial charge in [-0.3, -0.25) is 4.79 Å². The van der Waals surface area contributed by atoms with Crippen molar-refractivity contribution in [2.24, 2.45) is 0 Å². The first kappa shape index (κ1) is 13.6. The Hall–Kier alpha value is -2.42. The van der Waals surface area contributed by atoms with Crippen molar-refractivity contribution in [2.45, 2.75) is 0 Å². The SMILES string of the molecule is O=c1c2ccccc2sn1-c1ccc(C#CCO)cc1F. The fraction of sp³-hybridized carbons (Fsp3) is 0.0625. The summed E-state index contributed by atoms with van der Waals surface area (Å²) in [6.07, 6.45) is 0. The van der Waals surface area contributed by atoms with Crippen molar-refractivity contribution >= 4 is 21.6 Å². The van der Waals surface area contributed by atoms with Gasteiger partial charge in [-0.15, -0.1) is 0 Å². The largest absolute Gasteiger partial charge is 0.384 e. The maximum absolute atomic E-state index is 14.2. The quantitative estimate of drug-likeness (QED) is 0.702. The summed E-state index contributed by atoms with van der Waals surface area (Å²) >= 11 is 1.20. The summed E-state index contributed by atoms with van der Waals surface area (Å²) in [4.78, 5) is 12.3. The Morgan fingerprint density at radius 2 is 2.05 bits per heavy atom. The molecule has 0 saturated carbocycles. The van der Waals surface area contributed by atoms with E-state index >= 15 is 0 Å². The molecule has 5 heteroatoms. The molecule has 3 rings (SSSR count). The lowest BCUT2D eigenvalue weighted by molar-refractivity contribution is 0.350. The predicted octanol–water partition coefficient (Wildman–Crippen LogP) is 2.54. The van der Waals surface area contributed by atoms with Crippen molar-refractivity contribution in [3.8, 4) is 17.5 Å². The molecule has 1 N–H and O–H groups in total. The Morgan fingerprint density at radius 1 is 1.24 bits per heavy atom. The van der Waals surface area contributed by atoms with Gasteiger partial charge in [0.25, 0.3) is 5.56 Å². The van der Waals surface area contributed by atoms with Crippen LogP contribution in [0.3, 0.4) is 0 Å². The summed E-state index contributed by atoms with van der Waals surface area (Å²) in [5.74, 6) is 4.57. The van der Waals surface area contributed by atoms with Crippen LogP contribution in [0.5, 0.6) is 0 Å². The Labute approximate surface area is 124 Å². The standard InChI is InChI=1S/C16H10FNO2S/c17-13-10-11(4-3-9-19)7-8-14(13)18-16(20)12-5-1-2-6-15(12)21-18/h1-2,5-8,10,19H,9H2. The molecule has 0 amide bonds. The zero-order valence-electron chi connectivity index (χ0n) is 10.8. The summed E-state index contributed by atoms with van der Waals surface area (Å²) < 4.78 is 16.3. The maximum Gasteiger partial charge on any atom is 0.273 e. The van der Waals surface area contributed by atoms with E-state index in [2.05, 4.69) is 11.8 Å². The van der Waals surface area contributed by atoms with E-state index in [-0.39, 0.29) is 17.9 Å². The highest BCUT2D eigenvalue weighted by molar-refractivity contribution is 7.14. The molecular formula is C16H10FNO2S. The van der Waals surface area contributed by atoms with E-state index in [1.54, 1.807) is 18.2 Å². The third-order valence-electron chi connectivity index (χ3n) is 2.97. The third-order valence-corrected chi connectivity index (χ3v) is 4.07. The molecule has 104 valence electrons. The van der Waals surface area contributed by atoms with Gasteiger partial charge < -0.3 is 5.11 Å². The molecule has 0 aliphatic carbocycles. The molecule has 0 bridgehead atoms. The Morgan fingerprint density at radius 3 is 2.76 bits per heavy atom. The molecule has 0 atom stereocenters. The van der Waals surface area contributed by atoms with Crippen molar-refractivity contribution in [1.82, 2.24) is 3.96 Å². The fourth-order valence-electron chi connectivity index (χ4n) is 2.02. The Kier molecular flexibility index (Phi) is 3.57. The van der Waals surface area contributed by atoms with Crippen LogP contribution in [0.4, 0.5) is 4.39 Å². The van der Waals surface area contributed by atoms with Crippen LogP contribution in [0.15, 0.2) is 47.3 Å². The zero-order chi connectivity index (χ0) is 14.8. The molecular weight excluding hydrogens is 289 g/mol.